The molecule has 0 amide bonds. The van der Waals surface area contributed by atoms with Gasteiger partial charge >= 0.3 is 0 Å². The number of nitrogens with one attached hydrogen (secondary N) is 2. The van der Waals surface area contributed by atoms with Crippen LogP contribution in [0.3, 0.4) is 0 Å². The van der Waals surface area contributed by atoms with Crippen LogP contribution in [0.1, 0.15) is 38.2 Å². The van der Waals surface area contributed by atoms with Gasteiger partial charge < -0.3 is 15.7 Å². The smallest absolute Gasteiger partial charge is 0.189 e. The molecular weight excluding hydrogens is 344 g/mol. The molecule has 2 aromatic heterocycles. The van der Waals surface area contributed by atoms with Crippen molar-refractivity contribution in [1.82, 2.24) is 9.97 Å². The van der Waals surface area contributed by atoms with Crippen molar-refractivity contribution in [1.29, 1.82) is 0 Å². The summed E-state index contributed by atoms with van der Waals surface area (Å²) in [5.41, 5.74) is 2.35. The van der Waals surface area contributed by atoms with Crippen LogP contribution >= 0.6 is 11.3 Å². The lowest BCUT2D eigenvalue weighted by Crippen LogP contribution is -2.28. The second-order valence-corrected chi connectivity index (χ2v) is 7.89. The Kier molecular flexibility index (Phi) is 5.04. The van der Waals surface area contributed by atoms with Crippen LogP contribution in [-0.4, -0.2) is 27.2 Å². The molecule has 1 aromatic carbocycles. The van der Waals surface area contributed by atoms with Gasteiger partial charge in [-0.15, -0.1) is 0 Å². The Morgan fingerprint density at radius 1 is 1.08 bits per heavy atom. The van der Waals surface area contributed by atoms with Crippen LogP contribution in [0, 0.1) is 0 Å². The Bertz CT molecular complexity index is 886. The van der Waals surface area contributed by atoms with Crippen molar-refractivity contribution in [2.45, 2.75) is 51.2 Å². The fourth-order valence-corrected chi connectivity index (χ4v) is 4.30. The summed E-state index contributed by atoms with van der Waals surface area (Å²) in [6.45, 7) is 2.16. The third-order valence-electron chi connectivity index (χ3n) is 4.89. The minimum absolute atomic E-state index is 0.138. The lowest BCUT2D eigenvalue weighted by molar-refractivity contribution is 0.126. The van der Waals surface area contributed by atoms with Gasteiger partial charge in [0.2, 0.25) is 0 Å². The molecule has 6 heteroatoms. The number of pyridine rings is 1. The topological polar surface area (TPSA) is 70.1 Å². The molecule has 5 nitrogen and oxygen atoms in total. The predicted molar refractivity (Wildman–Crippen MR) is 108 cm³/mol. The number of hydrogen-bond donors (Lipinski definition) is 3. The van der Waals surface area contributed by atoms with Gasteiger partial charge in [0.25, 0.3) is 0 Å². The largest absolute Gasteiger partial charge is 0.393 e. The molecule has 0 aliphatic heterocycles. The maximum Gasteiger partial charge on any atom is 0.189 e. The average Bonchev–Trinajstić information content (AvgIpc) is 3.05. The molecule has 26 heavy (non-hydrogen) atoms. The highest BCUT2D eigenvalue weighted by molar-refractivity contribution is 7.22. The van der Waals surface area contributed by atoms with Gasteiger partial charge in [-0.3, -0.25) is 0 Å². The predicted octanol–water partition coefficient (Wildman–Crippen LogP) is 4.71. The quantitative estimate of drug-likeness (QED) is 0.608. The summed E-state index contributed by atoms with van der Waals surface area (Å²) in [5.74, 6) is 1.66. The Morgan fingerprint density at radius 2 is 1.88 bits per heavy atom. The molecule has 0 unspecified atom stereocenters. The molecule has 136 valence electrons. The monoisotopic (exact) mass is 368 g/mol. The number of hydrogen-bond acceptors (Lipinski definition) is 6. The van der Waals surface area contributed by atoms with E-state index in [1.54, 1.807) is 11.3 Å². The molecule has 0 saturated heterocycles. The second-order valence-electron chi connectivity index (χ2n) is 6.86. The van der Waals surface area contributed by atoms with Gasteiger partial charge in [0, 0.05) is 6.04 Å². The zero-order valence-corrected chi connectivity index (χ0v) is 15.7. The first-order valence-electron chi connectivity index (χ1n) is 9.28. The van der Waals surface area contributed by atoms with Crippen LogP contribution in [0.25, 0.3) is 10.2 Å². The van der Waals surface area contributed by atoms with Crippen LogP contribution in [0.4, 0.5) is 16.8 Å². The van der Waals surface area contributed by atoms with Gasteiger partial charge in [0.05, 0.1) is 16.3 Å². The fourth-order valence-electron chi connectivity index (χ4n) is 3.37. The van der Waals surface area contributed by atoms with E-state index < -0.39 is 0 Å². The molecule has 0 spiro atoms. The van der Waals surface area contributed by atoms with Gasteiger partial charge in [-0.25, -0.2) is 9.97 Å². The summed E-state index contributed by atoms with van der Waals surface area (Å²) in [5, 5.41) is 17.3. The van der Waals surface area contributed by atoms with E-state index >= 15 is 0 Å². The summed E-state index contributed by atoms with van der Waals surface area (Å²) in [7, 11) is 0. The van der Waals surface area contributed by atoms with Crippen molar-refractivity contribution in [3.63, 3.8) is 0 Å². The lowest BCUT2D eigenvalue weighted by Gasteiger charge is -2.26. The second kappa shape index (κ2) is 7.60. The van der Waals surface area contributed by atoms with Crippen molar-refractivity contribution >= 4 is 38.3 Å². The molecular formula is C20H24N4OS. The van der Waals surface area contributed by atoms with E-state index in [-0.39, 0.29) is 6.10 Å². The third-order valence-corrected chi connectivity index (χ3v) is 5.83. The molecule has 1 aliphatic carbocycles. The minimum atomic E-state index is -0.138. The maximum absolute atomic E-state index is 9.63. The van der Waals surface area contributed by atoms with Crippen LogP contribution < -0.4 is 10.6 Å². The van der Waals surface area contributed by atoms with Crippen LogP contribution in [0.5, 0.6) is 0 Å². The minimum Gasteiger partial charge on any atom is -0.393 e. The maximum atomic E-state index is 9.63. The first kappa shape index (κ1) is 17.2. The number of nitrogens with zero attached hydrogens (tertiary/aromatic N) is 2. The first-order valence-corrected chi connectivity index (χ1v) is 10.1. The zero-order chi connectivity index (χ0) is 17.9. The average molecular weight is 369 g/mol. The highest BCUT2D eigenvalue weighted by atomic mass is 32.1. The standard InChI is InChI=1S/C20H24N4OS/c1-2-13-6-11-16-17(12-13)26-20(22-16)24-19-5-3-4-18(23-19)21-14-7-9-15(25)10-8-14/h3-6,11-12,14-15,25H,2,7-10H2,1H3,(H2,21,22,23,24)/t14-,15-. The van der Waals surface area contributed by atoms with E-state index in [9.17, 15) is 5.11 Å². The van der Waals surface area contributed by atoms with Crippen molar-refractivity contribution in [3.8, 4) is 0 Å². The number of anilines is 3. The first-order chi connectivity index (χ1) is 12.7. The van der Waals surface area contributed by atoms with Crippen molar-refractivity contribution < 1.29 is 5.11 Å². The normalized spacial score (nSPS) is 20.2. The van der Waals surface area contributed by atoms with Gasteiger partial charge in [0.1, 0.15) is 11.6 Å². The highest BCUT2D eigenvalue weighted by Gasteiger charge is 2.19. The molecule has 1 saturated carbocycles. The van der Waals surface area contributed by atoms with Crippen LogP contribution in [0.15, 0.2) is 36.4 Å². The molecule has 0 radical (unpaired) electrons. The summed E-state index contributed by atoms with van der Waals surface area (Å²) < 4.78 is 1.20. The van der Waals surface area contributed by atoms with E-state index in [0.29, 0.717) is 6.04 Å². The van der Waals surface area contributed by atoms with Crippen LogP contribution in [-0.2, 0) is 6.42 Å². The summed E-state index contributed by atoms with van der Waals surface area (Å²) >= 11 is 1.65. The van der Waals surface area contributed by atoms with E-state index in [2.05, 4.69) is 45.7 Å². The summed E-state index contributed by atoms with van der Waals surface area (Å²) in [6, 6.07) is 12.8. The Morgan fingerprint density at radius 3 is 2.69 bits per heavy atom. The number of aryl methyl sites for hydroxylation is 1. The van der Waals surface area contributed by atoms with Gasteiger partial charge in [0.15, 0.2) is 5.13 Å². The molecule has 1 fully saturated rings. The number of aliphatic hydroxyl groups is 1. The Balaban J connectivity index is 1.46. The van der Waals surface area contributed by atoms with Crippen molar-refractivity contribution in [2.24, 2.45) is 0 Å². The van der Waals surface area contributed by atoms with E-state index in [0.717, 1.165) is 54.4 Å². The fraction of sp³-hybridized carbons (Fsp3) is 0.400. The lowest BCUT2D eigenvalue weighted by atomic mass is 9.93. The number of fused-ring (bicyclic) bond motifs is 1. The molecule has 1 aliphatic rings. The van der Waals surface area contributed by atoms with Crippen molar-refractivity contribution in [2.75, 3.05) is 10.6 Å². The molecule has 3 aromatic rings. The van der Waals surface area contributed by atoms with E-state index in [4.69, 9.17) is 0 Å². The number of aliphatic hydroxyl groups excluding tert-OH is 1. The number of rotatable bonds is 5. The summed E-state index contributed by atoms with van der Waals surface area (Å²) in [4.78, 5) is 9.32. The van der Waals surface area contributed by atoms with Crippen LogP contribution in [0.2, 0.25) is 0 Å². The van der Waals surface area contributed by atoms with Gasteiger partial charge in [-0.2, -0.15) is 0 Å². The highest BCUT2D eigenvalue weighted by Crippen LogP contribution is 2.29. The number of benzene rings is 1. The SMILES string of the molecule is CCc1ccc2nc(Nc3cccc(N[C@H]4CC[C@H](O)CC4)n3)sc2c1. The van der Waals surface area contributed by atoms with Crippen molar-refractivity contribution in [3.05, 3.63) is 42.0 Å². The molecule has 4 rings (SSSR count). The van der Waals surface area contributed by atoms with E-state index in [1.807, 2.05) is 18.2 Å². The summed E-state index contributed by atoms with van der Waals surface area (Å²) in [6.07, 6.45) is 4.59. The molecule has 2 heterocycles. The van der Waals surface area contributed by atoms with Gasteiger partial charge in [-0.1, -0.05) is 30.4 Å². The molecule has 0 bridgehead atoms. The molecule has 0 atom stereocenters. The van der Waals surface area contributed by atoms with Gasteiger partial charge in [-0.05, 0) is 61.9 Å². The third kappa shape index (κ3) is 3.97. The Labute approximate surface area is 157 Å². The Hall–Kier alpha value is -2.18. The van der Waals surface area contributed by atoms with E-state index in [1.165, 1.54) is 10.3 Å². The number of thiazole rings is 1. The zero-order valence-electron chi connectivity index (χ0n) is 14.9. The number of aromatic nitrogens is 2. The molecule has 3 N–H and O–H groups in total.